The first-order valence-electron chi connectivity index (χ1n) is 4.58. The number of halogens is 1. The predicted molar refractivity (Wildman–Crippen MR) is 48.1 cm³/mol. The van der Waals surface area contributed by atoms with Gasteiger partial charge in [0, 0.05) is 13.1 Å². The lowest BCUT2D eigenvalue weighted by atomic mass is 9.53. The van der Waals surface area contributed by atoms with Crippen LogP contribution in [-0.4, -0.2) is 13.1 Å². The van der Waals surface area contributed by atoms with Crippen molar-refractivity contribution in [3.8, 4) is 0 Å². The van der Waals surface area contributed by atoms with Crippen molar-refractivity contribution in [2.45, 2.75) is 32.1 Å². The van der Waals surface area contributed by atoms with Crippen molar-refractivity contribution in [1.82, 2.24) is 5.32 Å². The third-order valence-electron chi connectivity index (χ3n) is 4.44. The predicted octanol–water partition coefficient (Wildman–Crippen LogP) is 1.96. The van der Waals surface area contributed by atoms with Gasteiger partial charge in [-0.15, -0.1) is 12.4 Å². The highest BCUT2D eigenvalue weighted by Crippen LogP contribution is 2.68. The molecule has 1 heterocycles. The molecule has 0 aromatic carbocycles. The lowest BCUT2D eigenvalue weighted by molar-refractivity contribution is 0.00430. The first-order valence-corrected chi connectivity index (χ1v) is 4.58. The summed E-state index contributed by atoms with van der Waals surface area (Å²) in [6, 6.07) is 0. The molecular formula is C9H16ClN. The summed E-state index contributed by atoms with van der Waals surface area (Å²) >= 11 is 0. The summed E-state index contributed by atoms with van der Waals surface area (Å²) in [7, 11) is 0. The van der Waals surface area contributed by atoms with E-state index < -0.39 is 0 Å². The van der Waals surface area contributed by atoms with E-state index in [1.807, 2.05) is 0 Å². The zero-order valence-electron chi connectivity index (χ0n) is 6.86. The van der Waals surface area contributed by atoms with Crippen LogP contribution in [0.2, 0.25) is 0 Å². The van der Waals surface area contributed by atoms with Gasteiger partial charge in [-0.05, 0) is 36.5 Å². The highest BCUT2D eigenvalue weighted by molar-refractivity contribution is 5.85. The van der Waals surface area contributed by atoms with Crippen molar-refractivity contribution in [1.29, 1.82) is 0 Å². The summed E-state index contributed by atoms with van der Waals surface area (Å²) in [5, 5.41) is 3.57. The molecule has 0 bridgehead atoms. The van der Waals surface area contributed by atoms with Crippen LogP contribution in [-0.2, 0) is 0 Å². The van der Waals surface area contributed by atoms with E-state index in [-0.39, 0.29) is 12.4 Å². The number of hydrogen-bond donors (Lipinski definition) is 1. The van der Waals surface area contributed by atoms with Gasteiger partial charge >= 0.3 is 0 Å². The van der Waals surface area contributed by atoms with Crippen LogP contribution in [0.3, 0.4) is 0 Å². The van der Waals surface area contributed by atoms with E-state index in [0.29, 0.717) is 0 Å². The summed E-state index contributed by atoms with van der Waals surface area (Å²) in [6.45, 7) is 2.68. The van der Waals surface area contributed by atoms with Crippen molar-refractivity contribution < 1.29 is 0 Å². The second-order valence-electron chi connectivity index (χ2n) is 4.52. The van der Waals surface area contributed by atoms with E-state index in [1.165, 1.54) is 45.2 Å². The van der Waals surface area contributed by atoms with Gasteiger partial charge in [0.2, 0.25) is 0 Å². The van der Waals surface area contributed by atoms with Crippen molar-refractivity contribution in [3.63, 3.8) is 0 Å². The molecule has 0 amide bonds. The van der Waals surface area contributed by atoms with Crippen LogP contribution in [0.15, 0.2) is 0 Å². The minimum absolute atomic E-state index is 0. The molecule has 1 nitrogen and oxygen atoms in total. The average Bonchev–Trinajstić information content (AvgIpc) is 2.16. The Bertz CT molecular complexity index is 150. The molecule has 11 heavy (non-hydrogen) atoms. The first-order chi connectivity index (χ1) is 4.87. The van der Waals surface area contributed by atoms with Crippen molar-refractivity contribution in [2.24, 2.45) is 10.8 Å². The van der Waals surface area contributed by atoms with Gasteiger partial charge in [-0.3, -0.25) is 0 Å². The lowest BCUT2D eigenvalue weighted by Gasteiger charge is -2.50. The highest BCUT2D eigenvalue weighted by Gasteiger charge is 2.63. The maximum atomic E-state index is 3.57. The lowest BCUT2D eigenvalue weighted by Crippen LogP contribution is -2.45. The van der Waals surface area contributed by atoms with Crippen LogP contribution in [0.4, 0.5) is 0 Å². The molecule has 2 unspecified atom stereocenters. The van der Waals surface area contributed by atoms with Crippen LogP contribution in [0.1, 0.15) is 32.1 Å². The van der Waals surface area contributed by atoms with E-state index >= 15 is 0 Å². The molecule has 0 radical (unpaired) electrons. The summed E-state index contributed by atoms with van der Waals surface area (Å²) in [5.41, 5.74) is 1.62. The van der Waals surface area contributed by atoms with E-state index in [9.17, 15) is 0 Å². The minimum atomic E-state index is 0. The first kappa shape index (κ1) is 7.88. The maximum absolute atomic E-state index is 3.57. The summed E-state index contributed by atoms with van der Waals surface area (Å²) in [6.07, 6.45) is 7.63. The molecular weight excluding hydrogens is 158 g/mol. The van der Waals surface area contributed by atoms with Crippen LogP contribution in [0.25, 0.3) is 0 Å². The third kappa shape index (κ3) is 0.671. The molecule has 1 aliphatic heterocycles. The SMILES string of the molecule is C1CC23CCC2(C1)CNC3.Cl. The summed E-state index contributed by atoms with van der Waals surface area (Å²) in [5.74, 6) is 0. The van der Waals surface area contributed by atoms with E-state index in [2.05, 4.69) is 5.32 Å². The van der Waals surface area contributed by atoms with Crippen LogP contribution >= 0.6 is 12.4 Å². The zero-order chi connectivity index (χ0) is 6.66. The maximum Gasteiger partial charge on any atom is 0.00139 e. The van der Waals surface area contributed by atoms with Gasteiger partial charge in [0.15, 0.2) is 0 Å². The molecule has 0 aromatic heterocycles. The minimum Gasteiger partial charge on any atom is -0.316 e. The fourth-order valence-electron chi connectivity index (χ4n) is 3.65. The molecule has 3 fully saturated rings. The Balaban J connectivity index is 0.000000480. The zero-order valence-corrected chi connectivity index (χ0v) is 7.67. The second-order valence-corrected chi connectivity index (χ2v) is 4.52. The molecule has 0 aromatic rings. The topological polar surface area (TPSA) is 12.0 Å². The largest absolute Gasteiger partial charge is 0.316 e. The van der Waals surface area contributed by atoms with Crippen LogP contribution in [0.5, 0.6) is 0 Å². The van der Waals surface area contributed by atoms with Gasteiger partial charge in [0.25, 0.3) is 0 Å². The number of nitrogens with one attached hydrogen (secondary N) is 1. The van der Waals surface area contributed by atoms with Crippen molar-refractivity contribution in [2.75, 3.05) is 13.1 Å². The van der Waals surface area contributed by atoms with E-state index in [0.717, 1.165) is 10.8 Å². The van der Waals surface area contributed by atoms with Gasteiger partial charge in [0.05, 0.1) is 0 Å². The van der Waals surface area contributed by atoms with Gasteiger partial charge in [0.1, 0.15) is 0 Å². The molecule has 3 rings (SSSR count). The Morgan fingerprint density at radius 2 is 1.36 bits per heavy atom. The van der Waals surface area contributed by atoms with Crippen LogP contribution in [0, 0.1) is 10.8 Å². The Hall–Kier alpha value is 0.250. The molecule has 1 N–H and O–H groups in total. The molecule has 2 aliphatic carbocycles. The number of rotatable bonds is 0. The Kier molecular flexibility index (Phi) is 1.53. The molecule has 0 spiro atoms. The Labute approximate surface area is 74.3 Å². The van der Waals surface area contributed by atoms with Gasteiger partial charge < -0.3 is 5.32 Å². The molecule has 2 saturated carbocycles. The third-order valence-corrected chi connectivity index (χ3v) is 4.44. The van der Waals surface area contributed by atoms with Gasteiger partial charge in [-0.25, -0.2) is 0 Å². The van der Waals surface area contributed by atoms with E-state index in [4.69, 9.17) is 0 Å². The fraction of sp³-hybridized carbons (Fsp3) is 1.00. The monoisotopic (exact) mass is 173 g/mol. The molecule has 2 heteroatoms. The second kappa shape index (κ2) is 2.14. The standard InChI is InChI=1S/C9H15N.ClH/c1-2-8-4-5-9(8,3-1)7-10-6-8;/h10H,1-7H2;1H. The summed E-state index contributed by atoms with van der Waals surface area (Å²) in [4.78, 5) is 0. The van der Waals surface area contributed by atoms with E-state index in [1.54, 1.807) is 0 Å². The highest BCUT2D eigenvalue weighted by atomic mass is 35.5. The van der Waals surface area contributed by atoms with Crippen LogP contribution < -0.4 is 5.32 Å². The van der Waals surface area contributed by atoms with Gasteiger partial charge in [-0.1, -0.05) is 6.42 Å². The average molecular weight is 174 g/mol. The van der Waals surface area contributed by atoms with Gasteiger partial charge in [-0.2, -0.15) is 0 Å². The molecule has 64 valence electrons. The smallest absolute Gasteiger partial charge is 0.00139 e. The Morgan fingerprint density at radius 1 is 0.818 bits per heavy atom. The molecule has 1 saturated heterocycles. The van der Waals surface area contributed by atoms with Crippen molar-refractivity contribution in [3.05, 3.63) is 0 Å². The fourth-order valence-corrected chi connectivity index (χ4v) is 3.65. The molecule has 2 atom stereocenters. The normalized spacial score (nSPS) is 52.4. The Morgan fingerprint density at radius 3 is 1.82 bits per heavy atom. The summed E-state index contributed by atoms with van der Waals surface area (Å²) < 4.78 is 0. The quantitative estimate of drug-likeness (QED) is 0.591. The van der Waals surface area contributed by atoms with Crippen molar-refractivity contribution >= 4 is 12.4 Å². The number of hydrogen-bond acceptors (Lipinski definition) is 1. The molecule has 3 aliphatic rings.